The minimum absolute atomic E-state index is 0.0521. The summed E-state index contributed by atoms with van der Waals surface area (Å²) in [6.07, 6.45) is 1.98. The van der Waals surface area contributed by atoms with Gasteiger partial charge in [0.2, 0.25) is 0 Å². The molecule has 0 saturated carbocycles. The molecule has 0 spiro atoms. The van der Waals surface area contributed by atoms with Crippen molar-refractivity contribution in [1.29, 1.82) is 5.26 Å². The number of nitriles is 1. The maximum Gasteiger partial charge on any atom is 0.161 e. The number of ketones is 1. The third-order valence-corrected chi connectivity index (χ3v) is 6.89. The highest BCUT2D eigenvalue weighted by Gasteiger charge is 2.38. The number of carbonyl (C=O) groups excluding carboxylic acids is 1. The van der Waals surface area contributed by atoms with Crippen LogP contribution < -0.4 is 15.2 Å². The normalized spacial score (nSPS) is 18.0. The van der Waals surface area contributed by atoms with Gasteiger partial charge < -0.3 is 20.1 Å². The summed E-state index contributed by atoms with van der Waals surface area (Å²) < 4.78 is 11.9. The van der Waals surface area contributed by atoms with Gasteiger partial charge >= 0.3 is 0 Å². The molecule has 176 valence electrons. The summed E-state index contributed by atoms with van der Waals surface area (Å²) in [6, 6.07) is 13.1. The summed E-state index contributed by atoms with van der Waals surface area (Å²) in [5.74, 6) is 0.965. The van der Waals surface area contributed by atoms with Gasteiger partial charge in [-0.2, -0.15) is 5.26 Å². The summed E-state index contributed by atoms with van der Waals surface area (Å²) >= 11 is 12.1. The van der Waals surface area contributed by atoms with Gasteiger partial charge in [-0.3, -0.25) is 4.79 Å². The molecule has 0 bridgehead atoms. The van der Waals surface area contributed by atoms with Crippen molar-refractivity contribution in [3.05, 3.63) is 80.2 Å². The number of rotatable bonds is 6. The maximum atomic E-state index is 13.0. The zero-order chi connectivity index (χ0) is 24.4. The highest BCUT2D eigenvalue weighted by molar-refractivity contribution is 6.42. The van der Waals surface area contributed by atoms with E-state index in [2.05, 4.69) is 6.07 Å². The Morgan fingerprint density at radius 1 is 1.12 bits per heavy atom. The van der Waals surface area contributed by atoms with Gasteiger partial charge in [-0.15, -0.1) is 0 Å². The molecule has 2 aliphatic rings. The number of hydrogen-bond acceptors (Lipinski definition) is 6. The third kappa shape index (κ3) is 4.46. The molecule has 4 rings (SSSR count). The van der Waals surface area contributed by atoms with Crippen molar-refractivity contribution in [2.75, 3.05) is 13.7 Å². The third-order valence-electron chi connectivity index (χ3n) is 6.15. The summed E-state index contributed by atoms with van der Waals surface area (Å²) in [7, 11) is 1.81. The van der Waals surface area contributed by atoms with Crippen LogP contribution in [-0.4, -0.2) is 24.3 Å². The summed E-state index contributed by atoms with van der Waals surface area (Å²) in [6.45, 7) is 2.58. The second-order valence-electron chi connectivity index (χ2n) is 8.22. The van der Waals surface area contributed by atoms with E-state index in [1.54, 1.807) is 23.1 Å². The van der Waals surface area contributed by atoms with Gasteiger partial charge in [0.1, 0.15) is 12.4 Å². The first-order valence-corrected chi connectivity index (χ1v) is 11.8. The molecular formula is C26H25Cl2N3O3. The number of halogens is 2. The lowest BCUT2D eigenvalue weighted by atomic mass is 9.76. The lowest BCUT2D eigenvalue weighted by Crippen LogP contribution is -2.36. The van der Waals surface area contributed by atoms with Crippen molar-refractivity contribution in [2.24, 2.45) is 5.73 Å². The highest BCUT2D eigenvalue weighted by atomic mass is 35.5. The first kappa shape index (κ1) is 24.0. The number of hydrogen-bond donors (Lipinski definition) is 1. The fourth-order valence-corrected chi connectivity index (χ4v) is 4.80. The molecule has 1 atom stereocenters. The van der Waals surface area contributed by atoms with Gasteiger partial charge in [-0.05, 0) is 55.2 Å². The molecule has 34 heavy (non-hydrogen) atoms. The quantitative estimate of drug-likeness (QED) is 0.550. The molecule has 1 aliphatic heterocycles. The topological polar surface area (TPSA) is 88.6 Å². The Balaban J connectivity index is 1.71. The summed E-state index contributed by atoms with van der Waals surface area (Å²) in [4.78, 5) is 14.8. The van der Waals surface area contributed by atoms with Gasteiger partial charge in [-0.25, -0.2) is 0 Å². The SMILES string of the molecule is CCOc1cc([C@@H]2C(C#N)=C(N)N(C)C3=C2C(=O)CCC3)ccc1OCc1ccc(Cl)c(Cl)c1. The number of allylic oxidation sites excluding steroid dienone is 3. The van der Waals surface area contributed by atoms with Crippen LogP contribution in [0.25, 0.3) is 0 Å². The zero-order valence-electron chi connectivity index (χ0n) is 19.0. The van der Waals surface area contributed by atoms with E-state index in [0.717, 1.165) is 29.7 Å². The molecule has 6 nitrogen and oxygen atoms in total. The van der Waals surface area contributed by atoms with Crippen molar-refractivity contribution in [2.45, 2.75) is 38.7 Å². The average Bonchev–Trinajstić information content (AvgIpc) is 2.83. The fourth-order valence-electron chi connectivity index (χ4n) is 4.48. The van der Waals surface area contributed by atoms with Crippen LogP contribution in [0.3, 0.4) is 0 Å². The molecule has 2 aromatic carbocycles. The zero-order valence-corrected chi connectivity index (χ0v) is 20.5. The number of Topliss-reactive ketones (excluding diaryl/α,β-unsaturated/α-hetero) is 1. The Hall–Kier alpha value is -3.14. The van der Waals surface area contributed by atoms with Gasteiger partial charge in [0, 0.05) is 24.7 Å². The predicted molar refractivity (Wildman–Crippen MR) is 132 cm³/mol. The van der Waals surface area contributed by atoms with Gasteiger partial charge in [-0.1, -0.05) is 35.3 Å². The van der Waals surface area contributed by atoms with Crippen LogP contribution in [-0.2, 0) is 11.4 Å². The van der Waals surface area contributed by atoms with Crippen molar-refractivity contribution in [3.63, 3.8) is 0 Å². The number of benzene rings is 2. The molecule has 0 radical (unpaired) electrons. The highest BCUT2D eigenvalue weighted by Crippen LogP contribution is 2.45. The molecular weight excluding hydrogens is 473 g/mol. The Bertz CT molecular complexity index is 1250. The van der Waals surface area contributed by atoms with E-state index in [1.807, 2.05) is 32.2 Å². The van der Waals surface area contributed by atoms with Crippen molar-refractivity contribution in [1.82, 2.24) is 4.90 Å². The van der Waals surface area contributed by atoms with Crippen LogP contribution in [0.1, 0.15) is 43.2 Å². The maximum absolute atomic E-state index is 13.0. The molecule has 2 aromatic rings. The monoisotopic (exact) mass is 497 g/mol. The Kier molecular flexibility index (Phi) is 7.06. The largest absolute Gasteiger partial charge is 0.490 e. The van der Waals surface area contributed by atoms with E-state index in [9.17, 15) is 10.1 Å². The van der Waals surface area contributed by atoms with E-state index >= 15 is 0 Å². The second-order valence-corrected chi connectivity index (χ2v) is 9.03. The first-order valence-electron chi connectivity index (χ1n) is 11.1. The van der Waals surface area contributed by atoms with Crippen molar-refractivity contribution < 1.29 is 14.3 Å². The molecule has 1 aliphatic carbocycles. The number of ether oxygens (including phenoxy) is 2. The average molecular weight is 498 g/mol. The minimum atomic E-state index is -0.535. The fraction of sp³-hybridized carbons (Fsp3) is 0.308. The standard InChI is InChI=1S/C26H25Cl2N3O3/c1-3-33-23-12-16(8-10-22(23)34-14-15-7-9-18(27)19(28)11-15)24-17(13-29)26(30)31(2)20-5-4-6-21(32)25(20)24/h7-12,24H,3-6,14,30H2,1-2H3/t24-/m1/s1. The van der Waals surface area contributed by atoms with E-state index < -0.39 is 5.92 Å². The van der Waals surface area contributed by atoms with Gasteiger partial charge in [0.15, 0.2) is 17.3 Å². The molecule has 2 N–H and O–H groups in total. The molecule has 0 amide bonds. The molecule has 0 unspecified atom stereocenters. The lowest BCUT2D eigenvalue weighted by Gasteiger charge is -2.37. The van der Waals surface area contributed by atoms with Crippen LogP contribution in [0, 0.1) is 11.3 Å². The van der Waals surface area contributed by atoms with E-state index in [-0.39, 0.29) is 12.4 Å². The molecule has 0 aromatic heterocycles. The lowest BCUT2D eigenvalue weighted by molar-refractivity contribution is -0.116. The van der Waals surface area contributed by atoms with Gasteiger partial charge in [0.05, 0.1) is 34.2 Å². The smallest absolute Gasteiger partial charge is 0.161 e. The van der Waals surface area contributed by atoms with E-state index in [0.29, 0.717) is 51.5 Å². The number of nitrogens with two attached hydrogens (primary N) is 1. The van der Waals surface area contributed by atoms with Crippen LogP contribution in [0.4, 0.5) is 0 Å². The van der Waals surface area contributed by atoms with Crippen molar-refractivity contribution in [3.8, 4) is 17.6 Å². The summed E-state index contributed by atoms with van der Waals surface area (Å²) in [5, 5.41) is 10.9. The van der Waals surface area contributed by atoms with Crippen molar-refractivity contribution >= 4 is 29.0 Å². The predicted octanol–water partition coefficient (Wildman–Crippen LogP) is 5.70. The molecule has 8 heteroatoms. The van der Waals surface area contributed by atoms with Gasteiger partial charge in [0.25, 0.3) is 0 Å². The number of nitrogens with zero attached hydrogens (tertiary/aromatic N) is 2. The van der Waals surface area contributed by atoms with Crippen LogP contribution in [0.15, 0.2) is 59.1 Å². The van der Waals surface area contributed by atoms with Crippen LogP contribution in [0.5, 0.6) is 11.5 Å². The molecule has 0 fully saturated rings. The molecule has 1 heterocycles. The summed E-state index contributed by atoms with van der Waals surface area (Å²) in [5.41, 5.74) is 9.86. The Morgan fingerprint density at radius 3 is 2.62 bits per heavy atom. The van der Waals surface area contributed by atoms with E-state index in [4.69, 9.17) is 38.4 Å². The first-order chi connectivity index (χ1) is 16.3. The second kappa shape index (κ2) is 10.0. The molecule has 0 saturated heterocycles. The Labute approximate surface area is 209 Å². The van der Waals surface area contributed by atoms with Crippen LogP contribution >= 0.6 is 23.2 Å². The minimum Gasteiger partial charge on any atom is -0.490 e. The van der Waals surface area contributed by atoms with E-state index in [1.165, 1.54) is 0 Å². The Morgan fingerprint density at radius 2 is 1.91 bits per heavy atom. The van der Waals surface area contributed by atoms with Crippen LogP contribution in [0.2, 0.25) is 10.0 Å². The number of carbonyl (C=O) groups is 1.